The average Bonchev–Trinajstić information content (AvgIpc) is 2.69. The summed E-state index contributed by atoms with van der Waals surface area (Å²) in [5.41, 5.74) is 2.12. The number of nitrogens with one attached hydrogen (secondary N) is 1. The van der Waals surface area contributed by atoms with E-state index in [0.717, 1.165) is 0 Å². The molecule has 0 fully saturated rings. The van der Waals surface area contributed by atoms with Gasteiger partial charge in [0, 0.05) is 10.9 Å². The van der Waals surface area contributed by atoms with Crippen LogP contribution < -0.4 is 11.3 Å². The van der Waals surface area contributed by atoms with Crippen LogP contribution in [0.3, 0.4) is 0 Å². The van der Waals surface area contributed by atoms with Crippen LogP contribution in [0.4, 0.5) is 0 Å². The molecule has 0 saturated carbocycles. The molecule has 78 valence electrons. The molecule has 1 aromatic rings. The van der Waals surface area contributed by atoms with E-state index in [1.807, 2.05) is 23.4 Å². The standard InChI is InChI=1S/C9H15N3OS/c1-7(8-4-3-5-14-8)12(2)6-9(13)11-10/h3-5,7H,6,10H2,1-2H3,(H,11,13). The monoisotopic (exact) mass is 213 g/mol. The fourth-order valence-corrected chi connectivity index (χ4v) is 2.00. The lowest BCUT2D eigenvalue weighted by Gasteiger charge is -2.22. The number of nitrogens with two attached hydrogens (primary N) is 1. The van der Waals surface area contributed by atoms with Crippen LogP contribution in [0.25, 0.3) is 0 Å². The fraction of sp³-hybridized carbons (Fsp3) is 0.444. The zero-order chi connectivity index (χ0) is 10.6. The number of carbonyl (C=O) groups excluding carboxylic acids is 1. The number of hydrogen-bond acceptors (Lipinski definition) is 4. The Morgan fingerprint density at radius 1 is 1.79 bits per heavy atom. The number of carbonyl (C=O) groups is 1. The summed E-state index contributed by atoms with van der Waals surface area (Å²) in [6.45, 7) is 2.38. The first kappa shape index (κ1) is 11.2. The van der Waals surface area contributed by atoms with Gasteiger partial charge in [0.2, 0.25) is 5.91 Å². The molecule has 14 heavy (non-hydrogen) atoms. The molecule has 1 aromatic heterocycles. The minimum absolute atomic E-state index is 0.170. The molecular weight excluding hydrogens is 198 g/mol. The van der Waals surface area contributed by atoms with Gasteiger partial charge in [0.1, 0.15) is 0 Å². The van der Waals surface area contributed by atoms with E-state index in [1.165, 1.54) is 4.88 Å². The normalized spacial score (nSPS) is 12.9. The van der Waals surface area contributed by atoms with Crippen molar-refractivity contribution in [2.24, 2.45) is 5.84 Å². The van der Waals surface area contributed by atoms with Gasteiger partial charge in [0.15, 0.2) is 0 Å². The number of rotatable bonds is 4. The maximum Gasteiger partial charge on any atom is 0.248 e. The molecule has 0 aliphatic carbocycles. The molecular formula is C9H15N3OS. The molecule has 0 aromatic carbocycles. The van der Waals surface area contributed by atoms with E-state index in [4.69, 9.17) is 5.84 Å². The molecule has 1 unspecified atom stereocenters. The van der Waals surface area contributed by atoms with Gasteiger partial charge in [-0.15, -0.1) is 11.3 Å². The van der Waals surface area contributed by atoms with Crippen molar-refractivity contribution in [1.29, 1.82) is 0 Å². The Morgan fingerprint density at radius 2 is 2.50 bits per heavy atom. The Kier molecular flexibility index (Phi) is 4.06. The predicted octanol–water partition coefficient (Wildman–Crippen LogP) is 0.731. The highest BCUT2D eigenvalue weighted by atomic mass is 32.1. The maximum absolute atomic E-state index is 11.0. The molecule has 0 radical (unpaired) electrons. The van der Waals surface area contributed by atoms with Crippen molar-refractivity contribution in [3.63, 3.8) is 0 Å². The van der Waals surface area contributed by atoms with Crippen LogP contribution in [0.2, 0.25) is 0 Å². The maximum atomic E-state index is 11.0. The Balaban J connectivity index is 2.53. The average molecular weight is 213 g/mol. The van der Waals surface area contributed by atoms with E-state index in [1.54, 1.807) is 11.3 Å². The summed E-state index contributed by atoms with van der Waals surface area (Å²) in [5.74, 6) is 4.85. The summed E-state index contributed by atoms with van der Waals surface area (Å²) in [5, 5.41) is 2.03. The molecule has 0 saturated heterocycles. The molecule has 5 heteroatoms. The third kappa shape index (κ3) is 2.80. The van der Waals surface area contributed by atoms with Crippen LogP contribution in [0.15, 0.2) is 17.5 Å². The van der Waals surface area contributed by atoms with E-state index >= 15 is 0 Å². The van der Waals surface area contributed by atoms with E-state index in [9.17, 15) is 4.79 Å². The van der Waals surface area contributed by atoms with Crippen LogP contribution in [0.5, 0.6) is 0 Å². The van der Waals surface area contributed by atoms with Gasteiger partial charge in [-0.1, -0.05) is 6.07 Å². The third-order valence-electron chi connectivity index (χ3n) is 2.17. The number of nitrogens with zero attached hydrogens (tertiary/aromatic N) is 1. The number of amides is 1. The predicted molar refractivity (Wildman–Crippen MR) is 57.7 cm³/mol. The summed E-state index contributed by atoms with van der Waals surface area (Å²) in [6, 6.07) is 4.31. The molecule has 1 atom stereocenters. The van der Waals surface area contributed by atoms with Gasteiger partial charge < -0.3 is 0 Å². The lowest BCUT2D eigenvalue weighted by molar-refractivity contribution is -0.122. The highest BCUT2D eigenvalue weighted by Crippen LogP contribution is 2.22. The largest absolute Gasteiger partial charge is 0.293 e. The first-order chi connectivity index (χ1) is 6.65. The first-order valence-electron chi connectivity index (χ1n) is 4.38. The van der Waals surface area contributed by atoms with Crippen molar-refractivity contribution >= 4 is 17.2 Å². The molecule has 3 N–H and O–H groups in total. The number of hydrazine groups is 1. The lowest BCUT2D eigenvalue weighted by atomic mass is 10.2. The summed E-state index contributed by atoms with van der Waals surface area (Å²) in [6.07, 6.45) is 0. The molecule has 1 heterocycles. The molecule has 1 rings (SSSR count). The van der Waals surface area contributed by atoms with E-state index in [-0.39, 0.29) is 11.9 Å². The van der Waals surface area contributed by atoms with Gasteiger partial charge in [0.05, 0.1) is 6.54 Å². The number of likely N-dealkylation sites (N-methyl/N-ethyl adjacent to an activating group) is 1. The molecule has 0 aliphatic rings. The van der Waals surface area contributed by atoms with Crippen LogP contribution >= 0.6 is 11.3 Å². The van der Waals surface area contributed by atoms with Crippen molar-refractivity contribution in [2.75, 3.05) is 13.6 Å². The summed E-state index contributed by atoms with van der Waals surface area (Å²) >= 11 is 1.69. The SMILES string of the molecule is CC(c1cccs1)N(C)CC(=O)NN. The Labute approximate surface area is 87.7 Å². The van der Waals surface area contributed by atoms with E-state index in [0.29, 0.717) is 6.54 Å². The van der Waals surface area contributed by atoms with Crippen LogP contribution in [0.1, 0.15) is 17.8 Å². The summed E-state index contributed by atoms with van der Waals surface area (Å²) in [4.78, 5) is 14.2. The van der Waals surface area contributed by atoms with Crippen molar-refractivity contribution in [1.82, 2.24) is 10.3 Å². The molecule has 4 nitrogen and oxygen atoms in total. The van der Waals surface area contributed by atoms with E-state index in [2.05, 4.69) is 18.4 Å². The van der Waals surface area contributed by atoms with Gasteiger partial charge in [-0.05, 0) is 25.4 Å². The van der Waals surface area contributed by atoms with Crippen molar-refractivity contribution in [2.45, 2.75) is 13.0 Å². The Bertz CT molecular complexity index is 286. The Morgan fingerprint density at radius 3 is 3.00 bits per heavy atom. The molecule has 0 spiro atoms. The second-order valence-corrected chi connectivity index (χ2v) is 4.15. The zero-order valence-corrected chi connectivity index (χ0v) is 9.17. The van der Waals surface area contributed by atoms with Crippen LogP contribution in [-0.2, 0) is 4.79 Å². The second kappa shape index (κ2) is 5.09. The van der Waals surface area contributed by atoms with Crippen molar-refractivity contribution in [3.8, 4) is 0 Å². The molecule has 0 bridgehead atoms. The highest BCUT2D eigenvalue weighted by Gasteiger charge is 2.14. The van der Waals surface area contributed by atoms with E-state index < -0.39 is 0 Å². The summed E-state index contributed by atoms with van der Waals surface area (Å²) in [7, 11) is 1.90. The zero-order valence-electron chi connectivity index (χ0n) is 8.36. The van der Waals surface area contributed by atoms with Gasteiger partial charge >= 0.3 is 0 Å². The minimum Gasteiger partial charge on any atom is -0.293 e. The first-order valence-corrected chi connectivity index (χ1v) is 5.26. The second-order valence-electron chi connectivity index (χ2n) is 3.17. The quantitative estimate of drug-likeness (QED) is 0.440. The van der Waals surface area contributed by atoms with Gasteiger partial charge in [0.25, 0.3) is 0 Å². The van der Waals surface area contributed by atoms with Gasteiger partial charge in [-0.2, -0.15) is 0 Å². The van der Waals surface area contributed by atoms with Crippen LogP contribution in [-0.4, -0.2) is 24.4 Å². The minimum atomic E-state index is -0.170. The highest BCUT2D eigenvalue weighted by molar-refractivity contribution is 7.10. The lowest BCUT2D eigenvalue weighted by Crippen LogP contribution is -2.39. The third-order valence-corrected chi connectivity index (χ3v) is 3.21. The molecule has 1 amide bonds. The summed E-state index contributed by atoms with van der Waals surface area (Å²) < 4.78 is 0. The Hall–Kier alpha value is -0.910. The van der Waals surface area contributed by atoms with Crippen LogP contribution in [0, 0.1) is 0 Å². The smallest absolute Gasteiger partial charge is 0.248 e. The van der Waals surface area contributed by atoms with Crippen molar-refractivity contribution in [3.05, 3.63) is 22.4 Å². The van der Waals surface area contributed by atoms with Gasteiger partial charge in [-0.25, -0.2) is 5.84 Å². The van der Waals surface area contributed by atoms with Gasteiger partial charge in [-0.3, -0.25) is 15.1 Å². The fourth-order valence-electron chi connectivity index (χ4n) is 1.16. The number of hydrogen-bond donors (Lipinski definition) is 2. The number of thiophene rings is 1. The molecule has 0 aliphatic heterocycles. The van der Waals surface area contributed by atoms with Crippen molar-refractivity contribution < 1.29 is 4.79 Å². The topological polar surface area (TPSA) is 58.4 Å².